The summed E-state index contributed by atoms with van der Waals surface area (Å²) in [5.41, 5.74) is 23.9. The first-order chi connectivity index (χ1) is 34.3. The first kappa shape index (κ1) is 39.2. The summed E-state index contributed by atoms with van der Waals surface area (Å²) in [6.07, 6.45) is 0. The van der Waals surface area contributed by atoms with E-state index in [2.05, 4.69) is 266 Å². The Bertz CT molecular complexity index is 3890. The smallest absolute Gasteiger partial charge is 0.143 e. The van der Waals surface area contributed by atoms with Gasteiger partial charge >= 0.3 is 0 Å². The van der Waals surface area contributed by atoms with Crippen LogP contribution in [-0.4, -0.2) is 0 Å². The van der Waals surface area contributed by atoms with E-state index in [1.54, 1.807) is 0 Å². The fourth-order valence-corrected chi connectivity index (χ4v) is 11.8. The van der Waals surface area contributed by atoms with Gasteiger partial charge in [0.25, 0.3) is 0 Å². The molecular formula is C67H43NO. The minimum absolute atomic E-state index is 0.578. The molecule has 0 saturated carbocycles. The van der Waals surface area contributed by atoms with Crippen LogP contribution in [0.5, 0.6) is 0 Å². The van der Waals surface area contributed by atoms with Crippen LogP contribution in [0.3, 0.4) is 0 Å². The van der Waals surface area contributed by atoms with Crippen molar-refractivity contribution in [1.82, 2.24) is 0 Å². The second kappa shape index (κ2) is 15.6. The summed E-state index contributed by atoms with van der Waals surface area (Å²) in [5, 5.41) is 2.14. The van der Waals surface area contributed by atoms with E-state index in [0.29, 0.717) is 0 Å². The number of anilines is 3. The minimum atomic E-state index is -0.578. The van der Waals surface area contributed by atoms with Gasteiger partial charge in [0, 0.05) is 22.2 Å². The number of para-hydroxylation sites is 2. The number of rotatable bonds is 6. The third-order valence-electron chi connectivity index (χ3n) is 14.7. The number of benzene rings is 11. The van der Waals surface area contributed by atoms with Gasteiger partial charge in [0.2, 0.25) is 0 Å². The molecule has 2 heteroatoms. The van der Waals surface area contributed by atoms with Crippen LogP contribution in [0, 0.1) is 0 Å². The second-order valence-corrected chi connectivity index (χ2v) is 18.3. The van der Waals surface area contributed by atoms with Gasteiger partial charge in [-0.3, -0.25) is 0 Å². The zero-order valence-corrected chi connectivity index (χ0v) is 37.7. The van der Waals surface area contributed by atoms with E-state index in [1.165, 1.54) is 66.8 Å². The third kappa shape index (κ3) is 5.86. The Kier molecular flexibility index (Phi) is 8.84. The van der Waals surface area contributed by atoms with Crippen LogP contribution < -0.4 is 4.90 Å². The van der Waals surface area contributed by atoms with Crippen LogP contribution in [0.25, 0.3) is 88.7 Å². The molecule has 14 rings (SSSR count). The highest BCUT2D eigenvalue weighted by Gasteiger charge is 2.49. The molecule has 2 nitrogen and oxygen atoms in total. The number of hydrogen-bond acceptors (Lipinski definition) is 2. The quantitative estimate of drug-likeness (QED) is 0.165. The van der Waals surface area contributed by atoms with E-state index in [-0.39, 0.29) is 0 Å². The van der Waals surface area contributed by atoms with Crippen LogP contribution in [0.2, 0.25) is 0 Å². The molecule has 12 aromatic rings. The largest absolute Gasteiger partial charge is 0.455 e. The Morgan fingerprint density at radius 1 is 0.290 bits per heavy atom. The summed E-state index contributed by atoms with van der Waals surface area (Å²) < 4.78 is 7.16. The van der Waals surface area contributed by atoms with Gasteiger partial charge in [0.1, 0.15) is 11.2 Å². The van der Waals surface area contributed by atoms with Crippen molar-refractivity contribution in [1.29, 1.82) is 0 Å². The molecule has 1 heterocycles. The molecule has 2 aliphatic rings. The van der Waals surface area contributed by atoms with Crippen LogP contribution in [0.15, 0.2) is 265 Å². The lowest BCUT2D eigenvalue weighted by Gasteiger charge is -2.35. The zero-order chi connectivity index (χ0) is 45.5. The highest BCUT2D eigenvalue weighted by molar-refractivity contribution is 6.16. The number of fused-ring (bicyclic) bond motifs is 15. The Hall–Kier alpha value is -8.98. The molecular weight excluding hydrogens is 835 g/mol. The summed E-state index contributed by atoms with van der Waals surface area (Å²) in [7, 11) is 0. The Morgan fingerprint density at radius 3 is 1.41 bits per heavy atom. The first-order valence-electron chi connectivity index (χ1n) is 23.8. The van der Waals surface area contributed by atoms with Crippen molar-refractivity contribution in [2.75, 3.05) is 4.90 Å². The van der Waals surface area contributed by atoms with E-state index in [4.69, 9.17) is 4.42 Å². The molecule has 0 amide bonds. The summed E-state index contributed by atoms with van der Waals surface area (Å²) in [4.78, 5) is 2.41. The van der Waals surface area contributed by atoms with E-state index in [0.717, 1.165) is 61.3 Å². The standard InChI is InChI=1S/C67H43NO/c1-3-19-44(20-4-1)45-37-40-48(41-38-45)68(62-34-16-12-23-49(62)46-21-5-2-6-22-46)63-35-18-36-64-65(63)57-30-17-29-50(66(57)69-64)47-39-42-56-55-28-11-15-33-60(55)67(61(56)43-47)58-31-13-9-26-53(58)51-24-7-8-25-52(51)54-27-10-14-32-59(54)67/h1-43H. The molecule has 11 aromatic carbocycles. The molecule has 1 aromatic heterocycles. The van der Waals surface area contributed by atoms with E-state index >= 15 is 0 Å². The molecule has 1 spiro atoms. The van der Waals surface area contributed by atoms with Gasteiger partial charge in [-0.1, -0.05) is 224 Å². The molecule has 0 unspecified atom stereocenters. The lowest BCUT2D eigenvalue weighted by molar-refractivity contribution is 0.670. The number of furan rings is 1. The average Bonchev–Trinajstić information content (AvgIpc) is 3.93. The lowest BCUT2D eigenvalue weighted by atomic mass is 9.65. The van der Waals surface area contributed by atoms with Crippen molar-refractivity contribution in [3.63, 3.8) is 0 Å². The highest BCUT2D eigenvalue weighted by Crippen LogP contribution is 2.62. The van der Waals surface area contributed by atoms with Crippen molar-refractivity contribution < 1.29 is 4.42 Å². The molecule has 69 heavy (non-hydrogen) atoms. The van der Waals surface area contributed by atoms with E-state index < -0.39 is 5.41 Å². The van der Waals surface area contributed by atoms with Gasteiger partial charge in [-0.2, -0.15) is 0 Å². The van der Waals surface area contributed by atoms with Crippen LogP contribution in [0.1, 0.15) is 22.3 Å². The molecule has 0 atom stereocenters. The predicted octanol–water partition coefficient (Wildman–Crippen LogP) is 18.1. The number of nitrogens with zero attached hydrogens (tertiary/aromatic N) is 1. The van der Waals surface area contributed by atoms with Gasteiger partial charge in [0.05, 0.1) is 22.2 Å². The maximum Gasteiger partial charge on any atom is 0.143 e. The second-order valence-electron chi connectivity index (χ2n) is 18.3. The molecule has 0 N–H and O–H groups in total. The topological polar surface area (TPSA) is 16.4 Å². The molecule has 0 bridgehead atoms. The fourth-order valence-electron chi connectivity index (χ4n) is 11.8. The summed E-state index contributed by atoms with van der Waals surface area (Å²) >= 11 is 0. The zero-order valence-electron chi connectivity index (χ0n) is 37.7. The SMILES string of the molecule is c1ccc(-c2ccc(N(c3ccccc3-c3ccccc3)c3cccc4oc5c(-c6ccc7c(c6)C6(c8ccccc8-c8ccccc8-c8ccccc86)c6ccccc6-7)cccc5c34)cc2)cc1. The van der Waals surface area contributed by atoms with Crippen molar-refractivity contribution in [2.24, 2.45) is 0 Å². The fraction of sp³-hybridized carbons (Fsp3) is 0.0149. The maximum absolute atomic E-state index is 7.16. The lowest BCUT2D eigenvalue weighted by Crippen LogP contribution is -2.29. The Morgan fingerprint density at radius 2 is 0.754 bits per heavy atom. The molecule has 0 saturated heterocycles. The summed E-state index contributed by atoms with van der Waals surface area (Å²) in [5.74, 6) is 0. The van der Waals surface area contributed by atoms with Gasteiger partial charge in [0.15, 0.2) is 0 Å². The predicted molar refractivity (Wildman–Crippen MR) is 286 cm³/mol. The van der Waals surface area contributed by atoms with Crippen LogP contribution in [0.4, 0.5) is 17.1 Å². The number of hydrogen-bond donors (Lipinski definition) is 0. The molecule has 0 radical (unpaired) electrons. The molecule has 322 valence electrons. The average molecular weight is 878 g/mol. The van der Waals surface area contributed by atoms with E-state index in [9.17, 15) is 0 Å². The highest BCUT2D eigenvalue weighted by atomic mass is 16.3. The summed E-state index contributed by atoms with van der Waals surface area (Å²) in [6.45, 7) is 0. The Balaban J connectivity index is 0.994. The van der Waals surface area contributed by atoms with Gasteiger partial charge < -0.3 is 9.32 Å². The Labute approximate surface area is 401 Å². The molecule has 0 aliphatic heterocycles. The van der Waals surface area contributed by atoms with Gasteiger partial charge in [-0.05, 0) is 114 Å². The normalized spacial score (nSPS) is 12.8. The monoisotopic (exact) mass is 877 g/mol. The van der Waals surface area contributed by atoms with Crippen LogP contribution >= 0.6 is 0 Å². The van der Waals surface area contributed by atoms with Crippen LogP contribution in [-0.2, 0) is 5.41 Å². The third-order valence-corrected chi connectivity index (χ3v) is 14.7. The van der Waals surface area contributed by atoms with Crippen molar-refractivity contribution in [3.05, 3.63) is 283 Å². The molecule has 2 aliphatic carbocycles. The minimum Gasteiger partial charge on any atom is -0.455 e. The van der Waals surface area contributed by atoms with Crippen molar-refractivity contribution >= 4 is 39.0 Å². The van der Waals surface area contributed by atoms with Crippen molar-refractivity contribution in [2.45, 2.75) is 5.41 Å². The van der Waals surface area contributed by atoms with Gasteiger partial charge in [-0.25, -0.2) is 0 Å². The molecule has 0 fully saturated rings. The maximum atomic E-state index is 7.16. The van der Waals surface area contributed by atoms with Crippen molar-refractivity contribution in [3.8, 4) is 66.8 Å². The van der Waals surface area contributed by atoms with Gasteiger partial charge in [-0.15, -0.1) is 0 Å². The van der Waals surface area contributed by atoms with E-state index in [1.807, 2.05) is 0 Å². The summed E-state index contributed by atoms with van der Waals surface area (Å²) in [6, 6.07) is 95.4. The first-order valence-corrected chi connectivity index (χ1v) is 23.8.